The van der Waals surface area contributed by atoms with Gasteiger partial charge in [-0.1, -0.05) is 15.9 Å². The molecule has 0 spiro atoms. The van der Waals surface area contributed by atoms with Crippen LogP contribution in [0.1, 0.15) is 12.0 Å². The van der Waals surface area contributed by atoms with Crippen molar-refractivity contribution in [3.8, 4) is 0 Å². The number of nitrogens with zero attached hydrogens (tertiary/aromatic N) is 1. The van der Waals surface area contributed by atoms with E-state index in [1.807, 2.05) is 6.92 Å². The summed E-state index contributed by atoms with van der Waals surface area (Å²) in [6.07, 6.45) is 0.401. The molecule has 0 bridgehead atoms. The van der Waals surface area contributed by atoms with Crippen LogP contribution in [0.4, 0.5) is 10.1 Å². The van der Waals surface area contributed by atoms with Gasteiger partial charge in [0.25, 0.3) is 0 Å². The predicted octanol–water partition coefficient (Wildman–Crippen LogP) is 3.49. The standard InChI is InChI=1S/C12H12BrClFNO/c1-7-2-11(10(15)4-9(7)13)16-6-8(5-14)3-12(16)17/h2,4,8H,3,5-6H2,1H3. The molecule has 1 aromatic carbocycles. The molecule has 2 nitrogen and oxygen atoms in total. The molecule has 1 atom stereocenters. The van der Waals surface area contributed by atoms with Crippen LogP contribution >= 0.6 is 27.5 Å². The molecule has 1 aliphatic heterocycles. The van der Waals surface area contributed by atoms with Gasteiger partial charge in [0.05, 0.1) is 5.69 Å². The molecule has 17 heavy (non-hydrogen) atoms. The lowest BCUT2D eigenvalue weighted by molar-refractivity contribution is -0.117. The van der Waals surface area contributed by atoms with Crippen LogP contribution in [-0.4, -0.2) is 18.3 Å². The second kappa shape index (κ2) is 4.94. The molecule has 1 fully saturated rings. The van der Waals surface area contributed by atoms with Crippen molar-refractivity contribution in [1.29, 1.82) is 0 Å². The summed E-state index contributed by atoms with van der Waals surface area (Å²) in [5, 5.41) is 0. The summed E-state index contributed by atoms with van der Waals surface area (Å²) in [6.45, 7) is 2.37. The van der Waals surface area contributed by atoms with Crippen LogP contribution in [0.3, 0.4) is 0 Å². The lowest BCUT2D eigenvalue weighted by Gasteiger charge is -2.18. The fourth-order valence-electron chi connectivity index (χ4n) is 1.97. The van der Waals surface area contributed by atoms with Gasteiger partial charge >= 0.3 is 0 Å². The highest BCUT2D eigenvalue weighted by atomic mass is 79.9. The highest BCUT2D eigenvalue weighted by Crippen LogP contribution is 2.31. The van der Waals surface area contributed by atoms with E-state index in [2.05, 4.69) is 15.9 Å². The Hall–Kier alpha value is -0.610. The molecule has 0 N–H and O–H groups in total. The van der Waals surface area contributed by atoms with Crippen molar-refractivity contribution in [1.82, 2.24) is 0 Å². The number of hydrogen-bond donors (Lipinski definition) is 0. The molecule has 0 radical (unpaired) electrons. The van der Waals surface area contributed by atoms with E-state index in [0.717, 1.165) is 5.56 Å². The van der Waals surface area contributed by atoms with Gasteiger partial charge < -0.3 is 4.90 Å². The number of anilines is 1. The maximum Gasteiger partial charge on any atom is 0.227 e. The van der Waals surface area contributed by atoms with Crippen molar-refractivity contribution in [2.45, 2.75) is 13.3 Å². The molecule has 1 saturated heterocycles. The zero-order chi connectivity index (χ0) is 12.6. The Labute approximate surface area is 113 Å². The number of aryl methyl sites for hydroxylation is 1. The molecule has 0 aliphatic carbocycles. The van der Waals surface area contributed by atoms with Gasteiger partial charge in [-0.15, -0.1) is 11.6 Å². The number of benzene rings is 1. The normalized spacial score (nSPS) is 20.1. The van der Waals surface area contributed by atoms with Gasteiger partial charge in [-0.3, -0.25) is 4.79 Å². The average Bonchev–Trinajstić information content (AvgIpc) is 2.65. The van der Waals surface area contributed by atoms with Gasteiger partial charge in [0, 0.05) is 23.3 Å². The number of carbonyl (C=O) groups excluding carboxylic acids is 1. The number of rotatable bonds is 2. The van der Waals surface area contributed by atoms with Crippen LogP contribution in [0.5, 0.6) is 0 Å². The quantitative estimate of drug-likeness (QED) is 0.764. The third-order valence-electron chi connectivity index (χ3n) is 2.94. The summed E-state index contributed by atoms with van der Waals surface area (Å²) in [6, 6.07) is 3.08. The first-order valence-corrected chi connectivity index (χ1v) is 6.67. The lowest BCUT2D eigenvalue weighted by Crippen LogP contribution is -2.25. The summed E-state index contributed by atoms with van der Waals surface area (Å²) < 4.78 is 14.5. The van der Waals surface area contributed by atoms with E-state index in [4.69, 9.17) is 11.6 Å². The summed E-state index contributed by atoms with van der Waals surface area (Å²) in [7, 11) is 0. The molecule has 2 rings (SSSR count). The lowest BCUT2D eigenvalue weighted by atomic mass is 10.1. The summed E-state index contributed by atoms with van der Waals surface area (Å²) in [5.41, 5.74) is 1.26. The second-order valence-electron chi connectivity index (χ2n) is 4.28. The smallest absolute Gasteiger partial charge is 0.227 e. The van der Waals surface area contributed by atoms with Crippen molar-refractivity contribution < 1.29 is 9.18 Å². The molecule has 1 amide bonds. The molecule has 1 heterocycles. The van der Waals surface area contributed by atoms with E-state index < -0.39 is 0 Å². The van der Waals surface area contributed by atoms with Crippen LogP contribution in [0, 0.1) is 18.7 Å². The van der Waals surface area contributed by atoms with Gasteiger partial charge in [-0.05, 0) is 30.5 Å². The minimum Gasteiger partial charge on any atom is -0.309 e. The third kappa shape index (κ3) is 2.47. The van der Waals surface area contributed by atoms with Crippen LogP contribution < -0.4 is 4.90 Å². The van der Waals surface area contributed by atoms with Crippen LogP contribution in [0.2, 0.25) is 0 Å². The van der Waals surface area contributed by atoms with E-state index in [1.54, 1.807) is 6.07 Å². The van der Waals surface area contributed by atoms with E-state index in [-0.39, 0.29) is 17.6 Å². The largest absolute Gasteiger partial charge is 0.309 e. The Balaban J connectivity index is 2.35. The molecule has 5 heteroatoms. The number of amides is 1. The Morgan fingerprint density at radius 3 is 2.88 bits per heavy atom. The van der Waals surface area contributed by atoms with Crippen LogP contribution in [0.15, 0.2) is 16.6 Å². The Kier molecular flexibility index (Phi) is 3.73. The van der Waals surface area contributed by atoms with E-state index in [0.29, 0.717) is 29.0 Å². The van der Waals surface area contributed by atoms with Crippen molar-refractivity contribution in [3.05, 3.63) is 28.0 Å². The fraction of sp³-hybridized carbons (Fsp3) is 0.417. The summed E-state index contributed by atoms with van der Waals surface area (Å²) in [5.74, 6) is 0.106. The maximum absolute atomic E-state index is 13.8. The van der Waals surface area contributed by atoms with Gasteiger partial charge in [-0.25, -0.2) is 4.39 Å². The topological polar surface area (TPSA) is 20.3 Å². The van der Waals surface area contributed by atoms with Crippen LogP contribution in [0.25, 0.3) is 0 Å². The van der Waals surface area contributed by atoms with Gasteiger partial charge in [0.15, 0.2) is 0 Å². The van der Waals surface area contributed by atoms with Crippen molar-refractivity contribution in [2.24, 2.45) is 5.92 Å². The molecular weight excluding hydrogens is 308 g/mol. The van der Waals surface area contributed by atoms with Crippen molar-refractivity contribution in [3.63, 3.8) is 0 Å². The molecule has 0 aromatic heterocycles. The Morgan fingerprint density at radius 2 is 2.29 bits per heavy atom. The van der Waals surface area contributed by atoms with Gasteiger partial charge in [0.2, 0.25) is 5.91 Å². The first-order valence-electron chi connectivity index (χ1n) is 5.35. The van der Waals surface area contributed by atoms with Gasteiger partial charge in [0.1, 0.15) is 5.82 Å². The monoisotopic (exact) mass is 319 g/mol. The Bertz CT molecular complexity index is 466. The van der Waals surface area contributed by atoms with Gasteiger partial charge in [-0.2, -0.15) is 0 Å². The second-order valence-corrected chi connectivity index (χ2v) is 5.44. The van der Waals surface area contributed by atoms with Crippen LogP contribution in [-0.2, 0) is 4.79 Å². The fourth-order valence-corrected chi connectivity index (χ4v) is 2.49. The first-order chi connectivity index (χ1) is 8.02. The number of alkyl halides is 1. The maximum atomic E-state index is 13.8. The Morgan fingerprint density at radius 1 is 1.59 bits per heavy atom. The van der Waals surface area contributed by atoms with E-state index >= 15 is 0 Å². The summed E-state index contributed by atoms with van der Waals surface area (Å²) >= 11 is 9.01. The zero-order valence-electron chi connectivity index (χ0n) is 9.34. The molecule has 1 aliphatic rings. The molecule has 0 saturated carbocycles. The SMILES string of the molecule is Cc1cc(N2CC(CCl)CC2=O)c(F)cc1Br. The highest BCUT2D eigenvalue weighted by Gasteiger charge is 2.31. The molecule has 92 valence electrons. The van der Waals surface area contributed by atoms with E-state index in [9.17, 15) is 9.18 Å². The third-order valence-corrected chi connectivity index (χ3v) is 4.23. The minimum absolute atomic E-state index is 0.0590. The highest BCUT2D eigenvalue weighted by molar-refractivity contribution is 9.10. The molecular formula is C12H12BrClFNO. The van der Waals surface area contributed by atoms with Crippen molar-refractivity contribution >= 4 is 39.1 Å². The number of hydrogen-bond acceptors (Lipinski definition) is 1. The van der Waals surface area contributed by atoms with Crippen molar-refractivity contribution in [2.75, 3.05) is 17.3 Å². The molecule has 1 unspecified atom stereocenters. The first kappa shape index (κ1) is 12.8. The average molecular weight is 321 g/mol. The predicted molar refractivity (Wildman–Crippen MR) is 70.0 cm³/mol. The minimum atomic E-state index is -0.383. The molecule has 1 aromatic rings. The van der Waals surface area contributed by atoms with E-state index in [1.165, 1.54) is 11.0 Å². The number of carbonyl (C=O) groups is 1. The number of halogens is 3. The summed E-state index contributed by atoms with van der Waals surface area (Å²) in [4.78, 5) is 13.3. The zero-order valence-corrected chi connectivity index (χ0v) is 11.7.